The fraction of sp³-hybridized carbons (Fsp3) is 0.0370. The predicted molar refractivity (Wildman–Crippen MR) is 128 cm³/mol. The summed E-state index contributed by atoms with van der Waals surface area (Å²) in [4.78, 5) is 25.2. The molecule has 0 amide bonds. The van der Waals surface area contributed by atoms with Crippen LogP contribution in [0.3, 0.4) is 0 Å². The van der Waals surface area contributed by atoms with Crippen LogP contribution in [0, 0.1) is 0 Å². The van der Waals surface area contributed by atoms with Crippen molar-refractivity contribution in [2.24, 2.45) is 0 Å². The van der Waals surface area contributed by atoms with E-state index < -0.39 is 11.9 Å². The Labute approximate surface area is 199 Å². The molecule has 0 aliphatic carbocycles. The molecule has 0 saturated carbocycles. The number of halogens is 1. The maximum absolute atomic E-state index is 12.7. The average Bonchev–Trinajstić information content (AvgIpc) is 2.85. The van der Waals surface area contributed by atoms with Crippen LogP contribution in [0.15, 0.2) is 108 Å². The highest BCUT2D eigenvalue weighted by molar-refractivity contribution is 9.10. The normalized spacial score (nSPS) is 10.3. The second kappa shape index (κ2) is 10.6. The third kappa shape index (κ3) is 6.08. The number of rotatable bonds is 7. The molecule has 0 aromatic heterocycles. The summed E-state index contributed by atoms with van der Waals surface area (Å²) in [6.45, 7) is 0.366. The number of hydrogen-bond acceptors (Lipinski definition) is 5. The van der Waals surface area contributed by atoms with Gasteiger partial charge in [-0.1, -0.05) is 58.4 Å². The minimum atomic E-state index is -0.606. The predicted octanol–water partition coefficient (Wildman–Crippen LogP) is 6.47. The summed E-state index contributed by atoms with van der Waals surface area (Å²) in [6.07, 6.45) is 0. The van der Waals surface area contributed by atoms with E-state index in [0.717, 1.165) is 15.8 Å². The zero-order valence-electron chi connectivity index (χ0n) is 17.4. The molecule has 0 aliphatic rings. The first-order valence-electron chi connectivity index (χ1n) is 10.1. The fourth-order valence-corrected chi connectivity index (χ4v) is 3.23. The third-order valence-corrected chi connectivity index (χ3v) is 5.20. The van der Waals surface area contributed by atoms with E-state index in [1.54, 1.807) is 72.8 Å². The van der Waals surface area contributed by atoms with Crippen LogP contribution < -0.4 is 14.2 Å². The summed E-state index contributed by atoms with van der Waals surface area (Å²) in [5.74, 6) is 0.108. The minimum absolute atomic E-state index is 0.131. The van der Waals surface area contributed by atoms with Crippen LogP contribution >= 0.6 is 15.9 Å². The number of carbonyl (C=O) groups is 2. The molecule has 4 aromatic rings. The summed E-state index contributed by atoms with van der Waals surface area (Å²) in [5, 5.41) is 0. The molecule has 0 spiro atoms. The standard InChI is InChI=1S/C27H19BrO5/c28-21-14-16-22(17-15-21)31-18-19-10-12-20(13-11-19)26(29)33-25-9-5-4-8-24(25)27(30)32-23-6-2-1-3-7-23/h1-17H,18H2. The van der Waals surface area contributed by atoms with E-state index in [1.165, 1.54) is 0 Å². The number of esters is 2. The zero-order chi connectivity index (χ0) is 23.0. The van der Waals surface area contributed by atoms with Crippen molar-refractivity contribution in [3.63, 3.8) is 0 Å². The summed E-state index contributed by atoms with van der Waals surface area (Å²) in [5.41, 5.74) is 1.42. The molecule has 0 heterocycles. The highest BCUT2D eigenvalue weighted by atomic mass is 79.9. The Balaban J connectivity index is 1.40. The molecule has 6 heteroatoms. The van der Waals surface area contributed by atoms with Gasteiger partial charge in [0.15, 0.2) is 0 Å². The van der Waals surface area contributed by atoms with Crippen LogP contribution in [-0.2, 0) is 6.61 Å². The largest absolute Gasteiger partial charge is 0.489 e. The summed E-state index contributed by atoms with van der Waals surface area (Å²) in [7, 11) is 0. The smallest absolute Gasteiger partial charge is 0.347 e. The fourth-order valence-electron chi connectivity index (χ4n) is 2.97. The van der Waals surface area contributed by atoms with Crippen LogP contribution in [0.2, 0.25) is 0 Å². The molecular weight excluding hydrogens is 484 g/mol. The first-order valence-corrected chi connectivity index (χ1v) is 10.9. The van der Waals surface area contributed by atoms with E-state index in [2.05, 4.69) is 15.9 Å². The number of ether oxygens (including phenoxy) is 3. The van der Waals surface area contributed by atoms with Gasteiger partial charge < -0.3 is 14.2 Å². The molecule has 0 saturated heterocycles. The van der Waals surface area contributed by atoms with Gasteiger partial charge in [-0.15, -0.1) is 0 Å². The van der Waals surface area contributed by atoms with Gasteiger partial charge in [-0.3, -0.25) is 0 Å². The molecule has 0 N–H and O–H groups in total. The molecule has 0 unspecified atom stereocenters. The molecule has 0 radical (unpaired) electrons. The lowest BCUT2D eigenvalue weighted by molar-refractivity contribution is 0.0707. The number of carbonyl (C=O) groups excluding carboxylic acids is 2. The molecule has 5 nitrogen and oxygen atoms in total. The van der Waals surface area contributed by atoms with E-state index in [4.69, 9.17) is 14.2 Å². The van der Waals surface area contributed by atoms with Crippen molar-refractivity contribution in [2.45, 2.75) is 6.61 Å². The Morgan fingerprint density at radius 3 is 2.03 bits per heavy atom. The summed E-state index contributed by atoms with van der Waals surface area (Å²) < 4.78 is 17.6. The zero-order valence-corrected chi connectivity index (χ0v) is 19.0. The van der Waals surface area contributed by atoms with E-state index >= 15 is 0 Å². The van der Waals surface area contributed by atoms with Crippen molar-refractivity contribution in [3.05, 3.63) is 124 Å². The van der Waals surface area contributed by atoms with Gasteiger partial charge in [0.05, 0.1) is 5.56 Å². The maximum Gasteiger partial charge on any atom is 0.347 e. The Morgan fingerprint density at radius 1 is 0.636 bits per heavy atom. The van der Waals surface area contributed by atoms with Crippen molar-refractivity contribution < 1.29 is 23.8 Å². The highest BCUT2D eigenvalue weighted by Crippen LogP contribution is 2.22. The van der Waals surface area contributed by atoms with Crippen molar-refractivity contribution in [3.8, 4) is 17.2 Å². The van der Waals surface area contributed by atoms with Gasteiger partial charge >= 0.3 is 11.9 Å². The first-order chi connectivity index (χ1) is 16.1. The van der Waals surface area contributed by atoms with E-state index in [0.29, 0.717) is 17.9 Å². The number of benzene rings is 4. The third-order valence-electron chi connectivity index (χ3n) is 4.67. The second-order valence-corrected chi connectivity index (χ2v) is 7.94. The Bertz CT molecular complexity index is 1240. The van der Waals surface area contributed by atoms with E-state index in [1.807, 2.05) is 30.3 Å². The summed E-state index contributed by atoms with van der Waals surface area (Å²) in [6, 6.07) is 29.6. The molecule has 164 valence electrons. The van der Waals surface area contributed by atoms with E-state index in [9.17, 15) is 9.59 Å². The topological polar surface area (TPSA) is 61.8 Å². The molecule has 4 rings (SSSR count). The van der Waals surface area contributed by atoms with Crippen molar-refractivity contribution >= 4 is 27.9 Å². The minimum Gasteiger partial charge on any atom is -0.489 e. The lowest BCUT2D eigenvalue weighted by Crippen LogP contribution is -2.14. The first kappa shape index (κ1) is 22.3. The maximum atomic E-state index is 12.7. The Morgan fingerprint density at radius 2 is 1.30 bits per heavy atom. The second-order valence-electron chi connectivity index (χ2n) is 7.03. The lowest BCUT2D eigenvalue weighted by atomic mass is 10.1. The van der Waals surface area contributed by atoms with Crippen LogP contribution in [0.4, 0.5) is 0 Å². The van der Waals surface area contributed by atoms with Crippen LogP contribution in [0.25, 0.3) is 0 Å². The molecule has 33 heavy (non-hydrogen) atoms. The van der Waals surface area contributed by atoms with Gasteiger partial charge in [0.1, 0.15) is 29.4 Å². The highest BCUT2D eigenvalue weighted by Gasteiger charge is 2.18. The van der Waals surface area contributed by atoms with Gasteiger partial charge in [0.25, 0.3) is 0 Å². The van der Waals surface area contributed by atoms with Gasteiger partial charge in [-0.2, -0.15) is 0 Å². The van der Waals surface area contributed by atoms with Crippen LogP contribution in [0.5, 0.6) is 17.2 Å². The SMILES string of the molecule is O=C(Oc1ccccc1C(=O)Oc1ccccc1)c1ccc(COc2ccc(Br)cc2)cc1. The van der Waals surface area contributed by atoms with E-state index in [-0.39, 0.29) is 11.3 Å². The Kier molecular flexibility index (Phi) is 7.17. The molecular formula is C27H19BrO5. The van der Waals surface area contributed by atoms with Gasteiger partial charge in [0, 0.05) is 4.47 Å². The average molecular weight is 503 g/mol. The molecule has 4 aromatic carbocycles. The lowest BCUT2D eigenvalue weighted by Gasteiger charge is -2.10. The Hall–Kier alpha value is -3.90. The van der Waals surface area contributed by atoms with Gasteiger partial charge in [0.2, 0.25) is 0 Å². The molecule has 0 bridgehead atoms. The monoisotopic (exact) mass is 502 g/mol. The number of hydrogen-bond donors (Lipinski definition) is 0. The van der Waals surface area contributed by atoms with Gasteiger partial charge in [-0.05, 0) is 66.2 Å². The van der Waals surface area contributed by atoms with Crippen LogP contribution in [0.1, 0.15) is 26.3 Å². The molecule has 0 fully saturated rings. The molecule has 0 atom stereocenters. The number of para-hydroxylation sites is 2. The van der Waals surface area contributed by atoms with Crippen molar-refractivity contribution in [1.82, 2.24) is 0 Å². The molecule has 0 aliphatic heterocycles. The van der Waals surface area contributed by atoms with Crippen LogP contribution in [-0.4, -0.2) is 11.9 Å². The van der Waals surface area contributed by atoms with Crippen molar-refractivity contribution in [1.29, 1.82) is 0 Å². The van der Waals surface area contributed by atoms with Crippen molar-refractivity contribution in [2.75, 3.05) is 0 Å². The quantitative estimate of drug-likeness (QED) is 0.214. The summed E-state index contributed by atoms with van der Waals surface area (Å²) >= 11 is 3.39. The van der Waals surface area contributed by atoms with Gasteiger partial charge in [-0.25, -0.2) is 9.59 Å².